The normalized spacial score (nSPS) is 24.0. The zero-order valence-corrected chi connectivity index (χ0v) is 20.8. The van der Waals surface area contributed by atoms with Gasteiger partial charge in [-0.1, -0.05) is 12.5 Å². The zero-order valence-electron chi connectivity index (χ0n) is 20.0. The van der Waals surface area contributed by atoms with Crippen molar-refractivity contribution in [1.82, 2.24) is 20.2 Å². The molecular formula is C27H38N4OS. The summed E-state index contributed by atoms with van der Waals surface area (Å²) in [5, 5.41) is 4.29. The lowest BCUT2D eigenvalue weighted by atomic mass is 9.82. The van der Waals surface area contributed by atoms with Crippen LogP contribution >= 0.6 is 11.3 Å². The number of hydrogen-bond acceptors (Lipinski definition) is 5. The predicted molar refractivity (Wildman–Crippen MR) is 134 cm³/mol. The minimum Gasteiger partial charge on any atom is -0.353 e. The Morgan fingerprint density at radius 3 is 2.67 bits per heavy atom. The molecule has 0 unspecified atom stereocenters. The first kappa shape index (κ1) is 23.0. The monoisotopic (exact) mass is 466 g/mol. The van der Waals surface area contributed by atoms with Crippen LogP contribution in [0.1, 0.15) is 84.1 Å². The number of aromatic nitrogens is 2. The minimum absolute atomic E-state index is 0.153. The quantitative estimate of drug-likeness (QED) is 0.635. The van der Waals surface area contributed by atoms with Crippen LogP contribution in [0.25, 0.3) is 0 Å². The van der Waals surface area contributed by atoms with Gasteiger partial charge in [0, 0.05) is 53.9 Å². The fourth-order valence-electron chi connectivity index (χ4n) is 5.69. The molecular weight excluding hydrogens is 428 g/mol. The largest absolute Gasteiger partial charge is 0.353 e. The van der Waals surface area contributed by atoms with Crippen LogP contribution in [0, 0.1) is 12.8 Å². The molecule has 3 heterocycles. The van der Waals surface area contributed by atoms with Gasteiger partial charge in [-0.25, -0.2) is 4.98 Å². The van der Waals surface area contributed by atoms with Gasteiger partial charge >= 0.3 is 0 Å². The van der Waals surface area contributed by atoms with Crippen molar-refractivity contribution >= 4 is 17.2 Å². The summed E-state index contributed by atoms with van der Waals surface area (Å²) in [7, 11) is 0. The molecule has 5 nitrogen and oxygen atoms in total. The maximum Gasteiger partial charge on any atom is 0.225 e. The molecule has 2 fully saturated rings. The Balaban J connectivity index is 1.02. The first-order valence-corrected chi connectivity index (χ1v) is 13.9. The van der Waals surface area contributed by atoms with Crippen LogP contribution in [0.4, 0.5) is 0 Å². The molecule has 0 radical (unpaired) electrons. The lowest BCUT2D eigenvalue weighted by molar-refractivity contribution is -0.121. The van der Waals surface area contributed by atoms with E-state index in [2.05, 4.69) is 27.3 Å². The number of amides is 1. The van der Waals surface area contributed by atoms with E-state index in [1.165, 1.54) is 68.6 Å². The van der Waals surface area contributed by atoms with E-state index >= 15 is 0 Å². The van der Waals surface area contributed by atoms with Gasteiger partial charge < -0.3 is 10.2 Å². The molecule has 3 aliphatic rings. The molecule has 178 valence electrons. The lowest BCUT2D eigenvalue weighted by Crippen LogP contribution is -2.38. The molecule has 1 aliphatic heterocycles. The second-order valence-electron chi connectivity index (χ2n) is 10.4. The molecule has 0 spiro atoms. The summed E-state index contributed by atoms with van der Waals surface area (Å²) in [4.78, 5) is 25.4. The van der Waals surface area contributed by atoms with E-state index in [-0.39, 0.29) is 5.91 Å². The van der Waals surface area contributed by atoms with E-state index in [1.807, 2.05) is 13.1 Å². The number of nitrogens with zero attached hydrogens (tertiary/aromatic N) is 3. The fourth-order valence-corrected chi connectivity index (χ4v) is 6.48. The molecule has 0 atom stereocenters. The summed E-state index contributed by atoms with van der Waals surface area (Å²) in [6, 6.07) is 5.02. The average Bonchev–Trinajstić information content (AvgIpc) is 3.06. The van der Waals surface area contributed by atoms with Gasteiger partial charge in [-0.05, 0) is 82.4 Å². The van der Waals surface area contributed by atoms with Crippen LogP contribution in [0.15, 0.2) is 18.3 Å². The van der Waals surface area contributed by atoms with Crippen molar-refractivity contribution < 1.29 is 4.79 Å². The standard InChI is InChI=1S/C27H38N4OS/c1-19-28-18-24(33-19)17-27(32)29-23-8-5-20(6-9-23)11-14-31-15-12-22-7-10-25(21-3-2-4-21)30-26(22)13-16-31/h7,10,18,20-21,23H,2-6,8-9,11-17H2,1H3,(H,29,32). The topological polar surface area (TPSA) is 58.1 Å². The van der Waals surface area contributed by atoms with E-state index in [1.54, 1.807) is 11.3 Å². The Morgan fingerprint density at radius 2 is 1.94 bits per heavy atom. The molecule has 2 saturated carbocycles. The molecule has 2 aliphatic carbocycles. The van der Waals surface area contributed by atoms with Crippen LogP contribution in [0.2, 0.25) is 0 Å². The predicted octanol–water partition coefficient (Wildman–Crippen LogP) is 4.82. The number of nitrogens with one attached hydrogen (secondary N) is 1. The van der Waals surface area contributed by atoms with Gasteiger partial charge in [0.1, 0.15) is 0 Å². The number of fused-ring (bicyclic) bond motifs is 1. The molecule has 33 heavy (non-hydrogen) atoms. The molecule has 5 rings (SSSR count). The highest BCUT2D eigenvalue weighted by Crippen LogP contribution is 2.36. The summed E-state index contributed by atoms with van der Waals surface area (Å²) in [5.74, 6) is 1.68. The summed E-state index contributed by atoms with van der Waals surface area (Å²) in [5.41, 5.74) is 4.19. The fraction of sp³-hybridized carbons (Fsp3) is 0.667. The van der Waals surface area contributed by atoms with E-state index in [0.29, 0.717) is 12.5 Å². The maximum absolute atomic E-state index is 12.4. The third kappa shape index (κ3) is 6.02. The number of pyridine rings is 1. The zero-order chi connectivity index (χ0) is 22.6. The Kier molecular flexibility index (Phi) is 7.41. The average molecular weight is 467 g/mol. The van der Waals surface area contributed by atoms with E-state index in [0.717, 1.165) is 53.9 Å². The Hall–Kier alpha value is -1.79. The van der Waals surface area contributed by atoms with Crippen molar-refractivity contribution in [2.45, 2.75) is 89.5 Å². The molecule has 0 aromatic carbocycles. The van der Waals surface area contributed by atoms with Crippen molar-refractivity contribution in [3.8, 4) is 0 Å². The summed E-state index contributed by atoms with van der Waals surface area (Å²) >= 11 is 1.62. The Morgan fingerprint density at radius 1 is 1.12 bits per heavy atom. The van der Waals surface area contributed by atoms with Crippen molar-refractivity contribution in [2.75, 3.05) is 19.6 Å². The number of carbonyl (C=O) groups is 1. The van der Waals surface area contributed by atoms with Crippen LogP contribution in [-0.2, 0) is 24.1 Å². The Labute approximate surface area is 202 Å². The molecule has 2 aromatic rings. The number of hydrogen-bond donors (Lipinski definition) is 1. The molecule has 6 heteroatoms. The minimum atomic E-state index is 0.153. The molecule has 0 saturated heterocycles. The first-order valence-electron chi connectivity index (χ1n) is 13.0. The van der Waals surface area contributed by atoms with Gasteiger partial charge in [-0.15, -0.1) is 11.3 Å². The highest BCUT2D eigenvalue weighted by atomic mass is 32.1. The molecule has 1 amide bonds. The smallest absolute Gasteiger partial charge is 0.225 e. The summed E-state index contributed by atoms with van der Waals surface area (Å²) in [6.07, 6.45) is 14.6. The van der Waals surface area contributed by atoms with Crippen LogP contribution < -0.4 is 5.32 Å². The number of carbonyl (C=O) groups excluding carboxylic acids is 1. The Bertz CT molecular complexity index is 945. The summed E-state index contributed by atoms with van der Waals surface area (Å²) < 4.78 is 0. The first-order chi connectivity index (χ1) is 16.1. The number of rotatable bonds is 7. The maximum atomic E-state index is 12.4. The summed E-state index contributed by atoms with van der Waals surface area (Å²) in [6.45, 7) is 5.51. The van der Waals surface area contributed by atoms with Gasteiger partial charge in [-0.2, -0.15) is 0 Å². The number of thiazole rings is 1. The van der Waals surface area contributed by atoms with E-state index in [4.69, 9.17) is 4.98 Å². The molecule has 1 N–H and O–H groups in total. The van der Waals surface area contributed by atoms with Gasteiger partial charge in [0.2, 0.25) is 5.91 Å². The van der Waals surface area contributed by atoms with Crippen molar-refractivity contribution in [1.29, 1.82) is 0 Å². The van der Waals surface area contributed by atoms with E-state index < -0.39 is 0 Å². The van der Waals surface area contributed by atoms with E-state index in [9.17, 15) is 4.79 Å². The second kappa shape index (κ2) is 10.6. The van der Waals surface area contributed by atoms with Gasteiger partial charge in [0.05, 0.1) is 11.4 Å². The van der Waals surface area contributed by atoms with Crippen molar-refractivity contribution in [3.05, 3.63) is 45.2 Å². The van der Waals surface area contributed by atoms with Gasteiger partial charge in [0.15, 0.2) is 0 Å². The van der Waals surface area contributed by atoms with Crippen LogP contribution in [0.3, 0.4) is 0 Å². The highest BCUT2D eigenvalue weighted by Gasteiger charge is 2.25. The third-order valence-corrected chi connectivity index (χ3v) is 8.96. The second-order valence-corrected chi connectivity index (χ2v) is 11.7. The molecule has 0 bridgehead atoms. The van der Waals surface area contributed by atoms with Gasteiger partial charge in [-0.3, -0.25) is 9.78 Å². The van der Waals surface area contributed by atoms with Crippen LogP contribution in [0.5, 0.6) is 0 Å². The molecule has 2 aromatic heterocycles. The highest BCUT2D eigenvalue weighted by molar-refractivity contribution is 7.11. The van der Waals surface area contributed by atoms with Crippen molar-refractivity contribution in [3.63, 3.8) is 0 Å². The van der Waals surface area contributed by atoms with Crippen LogP contribution in [-0.4, -0.2) is 46.5 Å². The number of aryl methyl sites for hydroxylation is 1. The SMILES string of the molecule is Cc1ncc(CC(=O)NC2CCC(CCN3CCc4ccc(C5CCC5)nc4CC3)CC2)s1. The third-order valence-electron chi connectivity index (χ3n) is 8.05. The lowest BCUT2D eigenvalue weighted by Gasteiger charge is -2.30. The van der Waals surface area contributed by atoms with Crippen molar-refractivity contribution in [2.24, 2.45) is 5.92 Å². The van der Waals surface area contributed by atoms with Gasteiger partial charge in [0.25, 0.3) is 0 Å².